The van der Waals surface area contributed by atoms with E-state index >= 15 is 0 Å². The molecular formula is C6H12O7S2. The van der Waals surface area contributed by atoms with Crippen LogP contribution in [0.15, 0.2) is 0 Å². The lowest BCUT2D eigenvalue weighted by Gasteiger charge is -2.27. The van der Waals surface area contributed by atoms with Crippen LogP contribution >= 0.6 is 0 Å². The fourth-order valence-corrected chi connectivity index (χ4v) is 3.32. The second kappa shape index (κ2) is 4.34. The zero-order valence-corrected chi connectivity index (χ0v) is 9.37. The Labute approximate surface area is 88.1 Å². The molecule has 0 radical (unpaired) electrons. The lowest BCUT2D eigenvalue weighted by Crippen LogP contribution is -2.39. The minimum absolute atomic E-state index is 0.124. The van der Waals surface area contributed by atoms with Crippen LogP contribution in [0.1, 0.15) is 25.7 Å². The summed E-state index contributed by atoms with van der Waals surface area (Å²) in [4.78, 5) is 0. The molecule has 0 aromatic heterocycles. The summed E-state index contributed by atoms with van der Waals surface area (Å²) in [5.74, 6) is 0. The van der Waals surface area contributed by atoms with E-state index < -0.39 is 31.9 Å². The van der Waals surface area contributed by atoms with E-state index in [2.05, 4.69) is 4.18 Å². The monoisotopic (exact) mass is 260 g/mol. The van der Waals surface area contributed by atoms with Gasteiger partial charge in [0.05, 0.1) is 6.10 Å². The molecular weight excluding hydrogens is 248 g/mol. The SMILES string of the molecule is O=S(=O)(O)OC1CCCCC1S(=O)(=O)O. The van der Waals surface area contributed by atoms with E-state index in [1.807, 2.05) is 0 Å². The van der Waals surface area contributed by atoms with E-state index in [4.69, 9.17) is 9.11 Å². The van der Waals surface area contributed by atoms with Gasteiger partial charge in [0.25, 0.3) is 10.1 Å². The third-order valence-electron chi connectivity index (χ3n) is 2.27. The van der Waals surface area contributed by atoms with Gasteiger partial charge in [0.15, 0.2) is 0 Å². The quantitative estimate of drug-likeness (QED) is 0.686. The Kier molecular flexibility index (Phi) is 3.71. The van der Waals surface area contributed by atoms with E-state index in [0.717, 1.165) is 0 Å². The first-order chi connectivity index (χ1) is 6.70. The van der Waals surface area contributed by atoms with Gasteiger partial charge in [-0.3, -0.25) is 9.11 Å². The van der Waals surface area contributed by atoms with E-state index in [-0.39, 0.29) is 12.8 Å². The highest BCUT2D eigenvalue weighted by molar-refractivity contribution is 7.86. The van der Waals surface area contributed by atoms with Crippen molar-refractivity contribution in [3.63, 3.8) is 0 Å². The van der Waals surface area contributed by atoms with Crippen molar-refractivity contribution in [3.8, 4) is 0 Å². The van der Waals surface area contributed by atoms with Gasteiger partial charge in [-0.15, -0.1) is 0 Å². The molecule has 0 amide bonds. The Hall–Kier alpha value is -0.220. The van der Waals surface area contributed by atoms with Gasteiger partial charge in [-0.1, -0.05) is 12.8 Å². The van der Waals surface area contributed by atoms with Crippen LogP contribution in [-0.2, 0) is 24.7 Å². The predicted octanol–water partition coefficient (Wildman–Crippen LogP) is 0.00480. The molecule has 1 rings (SSSR count). The minimum atomic E-state index is -4.69. The lowest BCUT2D eigenvalue weighted by molar-refractivity contribution is 0.142. The van der Waals surface area contributed by atoms with Crippen LogP contribution in [0.2, 0.25) is 0 Å². The van der Waals surface area contributed by atoms with Crippen molar-refractivity contribution >= 4 is 20.5 Å². The van der Waals surface area contributed by atoms with Gasteiger partial charge in [-0.05, 0) is 12.8 Å². The highest BCUT2D eigenvalue weighted by Crippen LogP contribution is 2.27. The van der Waals surface area contributed by atoms with Crippen molar-refractivity contribution in [2.24, 2.45) is 0 Å². The zero-order chi connectivity index (χ0) is 11.7. The second-order valence-electron chi connectivity index (χ2n) is 3.40. The first kappa shape index (κ1) is 12.8. The molecule has 0 aromatic carbocycles. The summed E-state index contributed by atoms with van der Waals surface area (Å²) in [6.07, 6.45) is 0.245. The Balaban J connectivity index is 2.84. The molecule has 0 saturated heterocycles. The fraction of sp³-hybridized carbons (Fsp3) is 1.00. The van der Waals surface area contributed by atoms with Gasteiger partial charge in [-0.2, -0.15) is 16.8 Å². The molecule has 1 aliphatic rings. The molecule has 0 heterocycles. The molecule has 2 atom stereocenters. The Bertz CT molecular complexity index is 409. The summed E-state index contributed by atoms with van der Waals surface area (Å²) in [5, 5.41) is -1.28. The summed E-state index contributed by atoms with van der Waals surface area (Å²) in [6, 6.07) is 0. The standard InChI is InChI=1S/C6H12O7S2/c7-14(8,9)6-4-2-1-3-5(6)13-15(10,11)12/h5-6H,1-4H2,(H,7,8,9)(H,10,11,12). The molecule has 1 saturated carbocycles. The average Bonchev–Trinajstić information content (AvgIpc) is 1.99. The summed E-state index contributed by atoms with van der Waals surface area (Å²) in [7, 11) is -9.04. The van der Waals surface area contributed by atoms with Crippen molar-refractivity contribution < 1.29 is 30.1 Å². The van der Waals surface area contributed by atoms with E-state index in [0.29, 0.717) is 12.8 Å². The molecule has 0 bridgehead atoms. The van der Waals surface area contributed by atoms with E-state index in [1.165, 1.54) is 0 Å². The van der Waals surface area contributed by atoms with Gasteiger partial charge in [0, 0.05) is 0 Å². The van der Waals surface area contributed by atoms with Crippen LogP contribution in [-0.4, -0.2) is 37.3 Å². The largest absolute Gasteiger partial charge is 0.397 e. The predicted molar refractivity (Wildman–Crippen MR) is 50.2 cm³/mol. The maximum atomic E-state index is 10.9. The highest BCUT2D eigenvalue weighted by atomic mass is 32.3. The van der Waals surface area contributed by atoms with Crippen LogP contribution < -0.4 is 0 Å². The molecule has 7 nitrogen and oxygen atoms in total. The Morgan fingerprint density at radius 1 is 1.00 bits per heavy atom. The van der Waals surface area contributed by atoms with Crippen molar-refractivity contribution in [2.45, 2.75) is 37.0 Å². The zero-order valence-electron chi connectivity index (χ0n) is 7.74. The summed E-state index contributed by atoms with van der Waals surface area (Å²) < 4.78 is 64.1. The average molecular weight is 260 g/mol. The molecule has 2 unspecified atom stereocenters. The lowest BCUT2D eigenvalue weighted by atomic mass is 9.97. The van der Waals surface area contributed by atoms with Crippen LogP contribution in [0.4, 0.5) is 0 Å². The molecule has 0 aliphatic heterocycles. The van der Waals surface area contributed by atoms with Gasteiger partial charge in [-0.25, -0.2) is 4.18 Å². The van der Waals surface area contributed by atoms with Crippen molar-refractivity contribution in [1.82, 2.24) is 0 Å². The smallest absolute Gasteiger partial charge is 0.285 e. The van der Waals surface area contributed by atoms with Gasteiger partial charge in [0.1, 0.15) is 5.25 Å². The van der Waals surface area contributed by atoms with Crippen LogP contribution in [0.25, 0.3) is 0 Å². The van der Waals surface area contributed by atoms with Crippen LogP contribution in [0.3, 0.4) is 0 Å². The van der Waals surface area contributed by atoms with Gasteiger partial charge in [0.2, 0.25) is 0 Å². The minimum Gasteiger partial charge on any atom is -0.285 e. The molecule has 90 valence electrons. The first-order valence-corrected chi connectivity index (χ1v) is 7.19. The van der Waals surface area contributed by atoms with Gasteiger partial charge >= 0.3 is 10.4 Å². The third-order valence-corrected chi connectivity index (χ3v) is 4.06. The molecule has 9 heteroatoms. The third kappa shape index (κ3) is 4.03. The number of hydrogen-bond acceptors (Lipinski definition) is 5. The molecule has 2 N–H and O–H groups in total. The molecule has 15 heavy (non-hydrogen) atoms. The fourth-order valence-electron chi connectivity index (χ4n) is 1.67. The molecule has 1 aliphatic carbocycles. The maximum Gasteiger partial charge on any atom is 0.397 e. The topological polar surface area (TPSA) is 118 Å². The Morgan fingerprint density at radius 2 is 1.53 bits per heavy atom. The number of hydrogen-bond donors (Lipinski definition) is 2. The Morgan fingerprint density at radius 3 is 2.00 bits per heavy atom. The first-order valence-electron chi connectivity index (χ1n) is 4.32. The van der Waals surface area contributed by atoms with Crippen LogP contribution in [0, 0.1) is 0 Å². The van der Waals surface area contributed by atoms with E-state index in [9.17, 15) is 16.8 Å². The second-order valence-corrected chi connectivity index (χ2v) is 6.08. The highest BCUT2D eigenvalue weighted by Gasteiger charge is 2.37. The molecule has 0 spiro atoms. The molecule has 1 fully saturated rings. The summed E-state index contributed by atoms with van der Waals surface area (Å²) in [5.41, 5.74) is 0. The molecule has 0 aromatic rings. The number of rotatable bonds is 3. The maximum absolute atomic E-state index is 10.9. The normalized spacial score (nSPS) is 28.9. The summed E-state index contributed by atoms with van der Waals surface area (Å²) >= 11 is 0. The van der Waals surface area contributed by atoms with Crippen molar-refractivity contribution in [1.29, 1.82) is 0 Å². The van der Waals surface area contributed by atoms with Crippen molar-refractivity contribution in [2.75, 3.05) is 0 Å². The van der Waals surface area contributed by atoms with Gasteiger partial charge < -0.3 is 0 Å². The van der Waals surface area contributed by atoms with E-state index in [1.54, 1.807) is 0 Å². The van der Waals surface area contributed by atoms with Crippen molar-refractivity contribution in [3.05, 3.63) is 0 Å². The summed E-state index contributed by atoms with van der Waals surface area (Å²) in [6.45, 7) is 0. The van der Waals surface area contributed by atoms with Crippen LogP contribution in [0.5, 0.6) is 0 Å².